The van der Waals surface area contributed by atoms with Crippen LogP contribution < -0.4 is 20.1 Å². The Hall–Kier alpha value is -9.48. The molecule has 2 aromatic heterocycles. The van der Waals surface area contributed by atoms with Gasteiger partial charge < -0.3 is 30.3 Å². The lowest BCUT2D eigenvalue weighted by molar-refractivity contribution is -0.124. The maximum Gasteiger partial charge on any atom is 0.329 e. The first-order chi connectivity index (χ1) is 36.2. The molecule has 6 aromatic carbocycles. The second-order valence-corrected chi connectivity index (χ2v) is 18.3. The predicted octanol–water partition coefficient (Wildman–Crippen LogP) is 9.62. The van der Waals surface area contributed by atoms with Gasteiger partial charge in [0.05, 0.1) is 55.5 Å². The van der Waals surface area contributed by atoms with Crippen molar-refractivity contribution in [1.29, 1.82) is 0 Å². The molecule has 2 aliphatic rings. The van der Waals surface area contributed by atoms with Crippen LogP contribution in [0.3, 0.4) is 0 Å². The first-order valence-corrected chi connectivity index (χ1v) is 23.9. The van der Waals surface area contributed by atoms with Crippen molar-refractivity contribution in [3.8, 4) is 45.9 Å². The van der Waals surface area contributed by atoms with Crippen LogP contribution in [-0.4, -0.2) is 77.7 Å². The van der Waals surface area contributed by atoms with Crippen LogP contribution in [0.1, 0.15) is 50.2 Å². The topological polar surface area (TPSA) is 193 Å². The van der Waals surface area contributed by atoms with E-state index in [1.54, 1.807) is 109 Å². The third-order valence-corrected chi connectivity index (χ3v) is 13.0. The zero-order valence-electron chi connectivity index (χ0n) is 40.5. The van der Waals surface area contributed by atoms with E-state index in [-0.39, 0.29) is 60.2 Å². The molecule has 4 heterocycles. The normalized spacial score (nSPS) is 14.6. The molecular weight excluding hydrogens is 979 g/mol. The lowest BCUT2D eigenvalue weighted by Crippen LogP contribution is -2.30. The van der Waals surface area contributed by atoms with E-state index >= 15 is 4.39 Å². The number of ether oxygens (including phenoxy) is 2. The molecule has 2 saturated heterocycles. The van der Waals surface area contributed by atoms with Gasteiger partial charge in [-0.05, 0) is 114 Å². The molecular formula is C57H46ClFN8O8. The fraction of sp³-hybridized carbons (Fsp3) is 0.123. The van der Waals surface area contributed by atoms with E-state index in [0.717, 1.165) is 26.5 Å². The number of carbonyl (C=O) groups is 4. The van der Waals surface area contributed by atoms with E-state index in [1.807, 2.05) is 31.2 Å². The number of rotatable bonds is 15. The lowest BCUT2D eigenvalue weighted by atomic mass is 9.99. The van der Waals surface area contributed by atoms with Gasteiger partial charge in [-0.1, -0.05) is 90.0 Å². The maximum absolute atomic E-state index is 15.7. The molecule has 16 nitrogen and oxygen atoms in total. The van der Waals surface area contributed by atoms with Gasteiger partial charge in [0, 0.05) is 23.4 Å². The van der Waals surface area contributed by atoms with Crippen LogP contribution >= 0.6 is 11.6 Å². The summed E-state index contributed by atoms with van der Waals surface area (Å²) >= 11 is 6.16. The monoisotopic (exact) mass is 1020 g/mol. The molecule has 0 atom stereocenters. The number of aromatic nitrogens is 4. The highest BCUT2D eigenvalue weighted by Crippen LogP contribution is 2.37. The Morgan fingerprint density at radius 1 is 0.600 bits per heavy atom. The van der Waals surface area contributed by atoms with Crippen LogP contribution in [0, 0.1) is 12.7 Å². The summed E-state index contributed by atoms with van der Waals surface area (Å²) in [6, 6.07) is 38.6. The van der Waals surface area contributed by atoms with E-state index in [1.165, 1.54) is 41.8 Å². The molecule has 10 rings (SSSR count). The Morgan fingerprint density at radius 3 is 1.81 bits per heavy atom. The van der Waals surface area contributed by atoms with Crippen molar-refractivity contribution in [1.82, 2.24) is 40.0 Å². The number of imide groups is 2. The number of hydrogen-bond acceptors (Lipinski definition) is 10. The predicted molar refractivity (Wildman–Crippen MR) is 278 cm³/mol. The first kappa shape index (κ1) is 49.1. The number of benzene rings is 6. The number of nitrogens with one attached hydrogen (secondary N) is 2. The molecule has 0 spiro atoms. The highest BCUT2D eigenvalue weighted by atomic mass is 35.5. The number of carbonyl (C=O) groups excluding carboxylic acids is 4. The molecule has 0 aliphatic carbocycles. The summed E-state index contributed by atoms with van der Waals surface area (Å²) in [7, 11) is 3.06. The van der Waals surface area contributed by atoms with Crippen LogP contribution in [0.4, 0.5) is 14.0 Å². The van der Waals surface area contributed by atoms with Gasteiger partial charge in [0.2, 0.25) is 11.8 Å². The summed E-state index contributed by atoms with van der Waals surface area (Å²) < 4.78 is 29.1. The second kappa shape index (κ2) is 20.6. The first-order valence-electron chi connectivity index (χ1n) is 23.5. The van der Waals surface area contributed by atoms with Crippen molar-refractivity contribution < 1.29 is 43.3 Å². The molecule has 6 amide bonds. The molecule has 376 valence electrons. The van der Waals surface area contributed by atoms with Crippen molar-refractivity contribution in [2.24, 2.45) is 0 Å². The Kier molecular flexibility index (Phi) is 13.5. The van der Waals surface area contributed by atoms with Gasteiger partial charge in [-0.3, -0.25) is 19.4 Å². The highest BCUT2D eigenvalue weighted by Gasteiger charge is 2.36. The molecule has 0 radical (unpaired) electrons. The van der Waals surface area contributed by atoms with Crippen LogP contribution in [-0.2, 0) is 35.5 Å². The van der Waals surface area contributed by atoms with E-state index in [9.17, 15) is 29.4 Å². The second-order valence-electron chi connectivity index (χ2n) is 17.8. The van der Waals surface area contributed by atoms with E-state index < -0.39 is 29.7 Å². The Bertz CT molecular complexity index is 3640. The molecule has 0 unspecified atom stereocenters. The molecule has 0 bridgehead atoms. The third-order valence-electron chi connectivity index (χ3n) is 12.7. The number of halogens is 2. The SMILES string of the molecule is COc1ccc(-n2nc(Cc3ccc(F)c(Cc4ccc(-n5nc(-c6cccc(OC)c6)c(/C=C6\NC(=O)N(Cc7cccc(C)c7)C6=O)c5O)cc4)c3)c(/C=C3\NC(=O)N(Cc4cccc(Cl)c4)C3=O)c2O)cc1. The fourth-order valence-corrected chi connectivity index (χ4v) is 9.15. The summed E-state index contributed by atoms with van der Waals surface area (Å²) in [5.41, 5.74) is 6.44. The number of hydrogen-bond donors (Lipinski definition) is 4. The van der Waals surface area contributed by atoms with Gasteiger partial charge in [0.1, 0.15) is 34.4 Å². The van der Waals surface area contributed by atoms with Crippen molar-refractivity contribution in [2.75, 3.05) is 14.2 Å². The Morgan fingerprint density at radius 2 is 1.17 bits per heavy atom. The largest absolute Gasteiger partial charge is 0.497 e. The summed E-state index contributed by atoms with van der Waals surface area (Å²) in [4.78, 5) is 55.8. The van der Waals surface area contributed by atoms with Crippen LogP contribution in [0.2, 0.25) is 5.02 Å². The number of nitrogens with zero attached hydrogens (tertiary/aromatic N) is 6. The van der Waals surface area contributed by atoms with Crippen molar-refractivity contribution >= 4 is 47.6 Å². The minimum Gasteiger partial charge on any atom is -0.497 e. The standard InChI is InChI=1S/C57H46ClFN8O8/c1-33-7-4-8-36(23-33)31-64-55(71)50(61-57(64)73)30-46-51(38-10-6-12-44(28-38)75-3)63-67(53(46)69)41-16-13-34(14-17-41)24-39-25-35(15-22-47(39)59)27-48-45(52(68)66(62-48)42-18-20-43(74-2)21-19-42)29-49-54(70)65(56(72)60-49)32-37-9-5-11-40(58)26-37/h4-23,25-26,28-30,68-69H,24,27,31-32H2,1-3H3,(H,60,72)(H,61,73)/b49-29-,50-30-. The molecule has 2 fully saturated rings. The smallest absolute Gasteiger partial charge is 0.329 e. The van der Waals surface area contributed by atoms with Crippen LogP contribution in [0.5, 0.6) is 23.3 Å². The summed E-state index contributed by atoms with van der Waals surface area (Å²) in [5, 5.41) is 38.8. The molecule has 18 heteroatoms. The van der Waals surface area contributed by atoms with Gasteiger partial charge in [0.25, 0.3) is 11.8 Å². The van der Waals surface area contributed by atoms with E-state index in [2.05, 4.69) is 10.6 Å². The van der Waals surface area contributed by atoms with E-state index in [0.29, 0.717) is 61.5 Å². The highest BCUT2D eigenvalue weighted by molar-refractivity contribution is 6.30. The van der Waals surface area contributed by atoms with Crippen molar-refractivity contribution in [3.05, 3.63) is 212 Å². The fourth-order valence-electron chi connectivity index (χ4n) is 8.94. The average Bonchev–Trinajstić information content (AvgIpc) is 4.08. The molecule has 75 heavy (non-hydrogen) atoms. The maximum atomic E-state index is 15.7. The van der Waals surface area contributed by atoms with Crippen LogP contribution in [0.25, 0.3) is 34.8 Å². The lowest BCUT2D eigenvalue weighted by Gasteiger charge is -2.12. The molecule has 8 aromatic rings. The third kappa shape index (κ3) is 10.2. The summed E-state index contributed by atoms with van der Waals surface area (Å²) in [6.45, 7) is 1.94. The van der Waals surface area contributed by atoms with Crippen molar-refractivity contribution in [3.63, 3.8) is 0 Å². The number of amides is 6. The summed E-state index contributed by atoms with van der Waals surface area (Å²) in [6.07, 6.45) is 3.03. The van der Waals surface area contributed by atoms with Crippen molar-refractivity contribution in [2.45, 2.75) is 32.9 Å². The van der Waals surface area contributed by atoms with Gasteiger partial charge in [0.15, 0.2) is 0 Å². The van der Waals surface area contributed by atoms with Gasteiger partial charge in [-0.25, -0.2) is 23.3 Å². The average molecular weight is 1030 g/mol. The quantitative estimate of drug-likeness (QED) is 0.0568. The number of methoxy groups -OCH3 is 2. The Labute approximate surface area is 434 Å². The minimum absolute atomic E-state index is 0.0377. The number of urea groups is 2. The van der Waals surface area contributed by atoms with E-state index in [4.69, 9.17) is 31.3 Å². The van der Waals surface area contributed by atoms with Gasteiger partial charge in [-0.15, -0.1) is 0 Å². The summed E-state index contributed by atoms with van der Waals surface area (Å²) in [5.74, 6) is -1.16. The zero-order chi connectivity index (χ0) is 52.5. The zero-order valence-corrected chi connectivity index (χ0v) is 41.3. The molecule has 4 N–H and O–H groups in total. The van der Waals surface area contributed by atoms with Crippen LogP contribution in [0.15, 0.2) is 151 Å². The van der Waals surface area contributed by atoms with Gasteiger partial charge in [-0.2, -0.15) is 10.2 Å². The molecule has 2 aliphatic heterocycles. The minimum atomic E-state index is -0.650. The number of aromatic hydroxyl groups is 2. The molecule has 0 saturated carbocycles. The Balaban J connectivity index is 0.928. The van der Waals surface area contributed by atoms with Gasteiger partial charge >= 0.3 is 12.1 Å². The number of aryl methyl sites for hydroxylation is 1.